The number of anilines is 1. The molecule has 4 rings (SSSR count). The smallest absolute Gasteiger partial charge is 0.376 e. The van der Waals surface area contributed by atoms with Crippen molar-refractivity contribution in [2.24, 2.45) is 0 Å². The topological polar surface area (TPSA) is 61.7 Å². The summed E-state index contributed by atoms with van der Waals surface area (Å²) in [5.74, 6) is 1.57. The van der Waals surface area contributed by atoms with Crippen molar-refractivity contribution in [2.75, 3.05) is 18.1 Å². The van der Waals surface area contributed by atoms with E-state index in [9.17, 15) is 5.02 Å². The SMILES string of the molecule is CB(O)N1C2CCCC1CC(N1CCCOc3cc(Cl)nnc31)C2. The van der Waals surface area contributed by atoms with E-state index in [0.29, 0.717) is 29.9 Å². The Morgan fingerprint density at radius 1 is 1.21 bits per heavy atom. The third-order valence-electron chi connectivity index (χ3n) is 5.66. The first-order valence-electron chi connectivity index (χ1n) is 9.01. The van der Waals surface area contributed by atoms with Gasteiger partial charge in [-0.05, 0) is 38.9 Å². The van der Waals surface area contributed by atoms with Crippen molar-refractivity contribution in [3.8, 4) is 5.75 Å². The summed E-state index contributed by atoms with van der Waals surface area (Å²) in [4.78, 5) is 4.69. The number of hydrogen-bond donors (Lipinski definition) is 1. The number of hydrogen-bond acceptors (Lipinski definition) is 6. The molecule has 0 aliphatic carbocycles. The summed E-state index contributed by atoms with van der Waals surface area (Å²) in [6, 6.07) is 3.10. The van der Waals surface area contributed by atoms with E-state index in [0.717, 1.165) is 37.4 Å². The van der Waals surface area contributed by atoms with Crippen molar-refractivity contribution >= 4 is 24.5 Å². The summed E-state index contributed by atoms with van der Waals surface area (Å²) in [7, 11) is -0.361. The van der Waals surface area contributed by atoms with Gasteiger partial charge in [0.15, 0.2) is 16.7 Å². The van der Waals surface area contributed by atoms with Crippen molar-refractivity contribution < 1.29 is 9.76 Å². The number of piperidine rings is 2. The minimum absolute atomic E-state index is 0.361. The van der Waals surface area contributed by atoms with Gasteiger partial charge in [-0.3, -0.25) is 0 Å². The molecule has 24 heavy (non-hydrogen) atoms. The van der Waals surface area contributed by atoms with E-state index >= 15 is 0 Å². The van der Waals surface area contributed by atoms with Crippen LogP contribution in [0.25, 0.3) is 0 Å². The van der Waals surface area contributed by atoms with Crippen molar-refractivity contribution in [3.05, 3.63) is 11.2 Å². The molecule has 0 radical (unpaired) electrons. The van der Waals surface area contributed by atoms with Gasteiger partial charge in [-0.1, -0.05) is 18.0 Å². The zero-order valence-electron chi connectivity index (χ0n) is 14.1. The van der Waals surface area contributed by atoms with Crippen LogP contribution in [0.15, 0.2) is 6.07 Å². The molecule has 0 amide bonds. The van der Waals surface area contributed by atoms with Crippen LogP contribution in [0.5, 0.6) is 5.75 Å². The van der Waals surface area contributed by atoms with Crippen LogP contribution in [0.1, 0.15) is 38.5 Å². The van der Waals surface area contributed by atoms with Crippen LogP contribution in [0.2, 0.25) is 12.0 Å². The van der Waals surface area contributed by atoms with Gasteiger partial charge >= 0.3 is 7.05 Å². The highest BCUT2D eigenvalue weighted by atomic mass is 35.5. The average Bonchev–Trinajstić information content (AvgIpc) is 2.75. The van der Waals surface area contributed by atoms with Crippen LogP contribution in [0.3, 0.4) is 0 Å². The number of nitrogens with zero attached hydrogens (tertiary/aromatic N) is 4. The number of aromatic nitrogens is 2. The van der Waals surface area contributed by atoms with E-state index in [1.807, 2.05) is 6.82 Å². The first-order valence-corrected chi connectivity index (χ1v) is 9.39. The number of rotatable bonds is 2. The Balaban J connectivity index is 1.61. The maximum Gasteiger partial charge on any atom is 0.376 e. The molecule has 0 saturated carbocycles. The molecule has 2 bridgehead atoms. The molecule has 2 fully saturated rings. The van der Waals surface area contributed by atoms with Gasteiger partial charge < -0.3 is 19.5 Å². The standard InChI is InChI=1S/C16H24BClN4O2/c1-17(23)22-11-4-2-5-12(22)9-13(8-11)21-6-3-7-24-14-10-15(18)19-20-16(14)21/h10-13,23H,2-9H2,1H3. The van der Waals surface area contributed by atoms with Gasteiger partial charge in [0.2, 0.25) is 0 Å². The van der Waals surface area contributed by atoms with Crippen LogP contribution >= 0.6 is 11.6 Å². The Morgan fingerprint density at radius 2 is 1.96 bits per heavy atom. The predicted octanol–water partition coefficient (Wildman–Crippen LogP) is 2.21. The van der Waals surface area contributed by atoms with E-state index in [4.69, 9.17) is 16.3 Å². The van der Waals surface area contributed by atoms with Gasteiger partial charge in [-0.2, -0.15) is 0 Å². The molecule has 3 aliphatic heterocycles. The van der Waals surface area contributed by atoms with E-state index in [1.165, 1.54) is 19.3 Å². The molecule has 0 aromatic carbocycles. The highest BCUT2D eigenvalue weighted by Crippen LogP contribution is 2.40. The van der Waals surface area contributed by atoms with Gasteiger partial charge in [0, 0.05) is 30.7 Å². The lowest BCUT2D eigenvalue weighted by Crippen LogP contribution is -2.61. The zero-order valence-corrected chi connectivity index (χ0v) is 14.8. The first-order chi connectivity index (χ1) is 11.6. The summed E-state index contributed by atoms with van der Waals surface area (Å²) >= 11 is 5.99. The lowest BCUT2D eigenvalue weighted by molar-refractivity contribution is 0.0895. The van der Waals surface area contributed by atoms with Crippen LogP contribution < -0.4 is 9.64 Å². The normalized spacial score (nSPS) is 30.3. The van der Waals surface area contributed by atoms with Gasteiger partial charge in [0.1, 0.15) is 0 Å². The van der Waals surface area contributed by atoms with Crippen molar-refractivity contribution in [1.29, 1.82) is 0 Å². The predicted molar refractivity (Wildman–Crippen MR) is 94.6 cm³/mol. The zero-order chi connectivity index (χ0) is 16.7. The van der Waals surface area contributed by atoms with Crippen LogP contribution in [0, 0.1) is 0 Å². The molecule has 0 spiro atoms. The maximum atomic E-state index is 10.2. The summed E-state index contributed by atoms with van der Waals surface area (Å²) in [6.45, 7) is 3.52. The second-order valence-corrected chi connectivity index (χ2v) is 7.58. The Hall–Kier alpha value is -1.05. The summed E-state index contributed by atoms with van der Waals surface area (Å²) in [5, 5.41) is 18.9. The maximum absolute atomic E-state index is 10.2. The Bertz CT molecular complexity index is 591. The van der Waals surface area contributed by atoms with Gasteiger partial charge in [-0.25, -0.2) is 0 Å². The fourth-order valence-corrected chi connectivity index (χ4v) is 4.92. The third-order valence-corrected chi connectivity index (χ3v) is 5.85. The third kappa shape index (κ3) is 2.98. The van der Waals surface area contributed by atoms with Crippen LogP contribution in [-0.2, 0) is 0 Å². The van der Waals surface area contributed by atoms with Crippen LogP contribution in [-0.4, -0.2) is 58.4 Å². The molecule has 1 N–H and O–H groups in total. The molecule has 130 valence electrons. The Morgan fingerprint density at radius 3 is 2.67 bits per heavy atom. The monoisotopic (exact) mass is 350 g/mol. The lowest BCUT2D eigenvalue weighted by atomic mass is 9.70. The van der Waals surface area contributed by atoms with Crippen LogP contribution in [0.4, 0.5) is 5.82 Å². The van der Waals surface area contributed by atoms with Crippen molar-refractivity contribution in [2.45, 2.75) is 63.5 Å². The fourth-order valence-electron chi connectivity index (χ4n) is 4.78. The molecule has 6 nitrogen and oxygen atoms in total. The highest BCUT2D eigenvalue weighted by Gasteiger charge is 2.43. The van der Waals surface area contributed by atoms with Gasteiger partial charge in [-0.15, -0.1) is 10.2 Å². The molecule has 3 aliphatic rings. The van der Waals surface area contributed by atoms with Crippen molar-refractivity contribution in [3.63, 3.8) is 0 Å². The fraction of sp³-hybridized carbons (Fsp3) is 0.750. The second kappa shape index (κ2) is 6.69. The van der Waals surface area contributed by atoms with E-state index in [1.54, 1.807) is 6.07 Å². The molecule has 4 heterocycles. The van der Waals surface area contributed by atoms with E-state index in [2.05, 4.69) is 19.9 Å². The average molecular weight is 351 g/mol. The number of fused-ring (bicyclic) bond motifs is 3. The van der Waals surface area contributed by atoms with E-state index < -0.39 is 0 Å². The summed E-state index contributed by atoms with van der Waals surface area (Å²) in [6.07, 6.45) is 6.69. The second-order valence-electron chi connectivity index (χ2n) is 7.19. The molecular weight excluding hydrogens is 326 g/mol. The minimum atomic E-state index is -0.361. The van der Waals surface area contributed by atoms with Gasteiger partial charge in [0.25, 0.3) is 0 Å². The molecule has 8 heteroatoms. The molecule has 1 aromatic heterocycles. The highest BCUT2D eigenvalue weighted by molar-refractivity contribution is 6.45. The lowest BCUT2D eigenvalue weighted by Gasteiger charge is -2.52. The van der Waals surface area contributed by atoms with E-state index in [-0.39, 0.29) is 7.05 Å². The molecule has 2 unspecified atom stereocenters. The summed E-state index contributed by atoms with van der Waals surface area (Å²) < 4.78 is 5.82. The number of ether oxygens (including phenoxy) is 1. The first kappa shape index (κ1) is 16.4. The summed E-state index contributed by atoms with van der Waals surface area (Å²) in [5.41, 5.74) is 0. The molecule has 2 atom stereocenters. The Labute approximate surface area is 148 Å². The quantitative estimate of drug-likeness (QED) is 0.825. The van der Waals surface area contributed by atoms with Crippen molar-refractivity contribution in [1.82, 2.24) is 15.0 Å². The molecule has 2 saturated heterocycles. The largest absolute Gasteiger partial charge is 0.489 e. The van der Waals surface area contributed by atoms with Gasteiger partial charge in [0.05, 0.1) is 6.61 Å². The Kier molecular flexibility index (Phi) is 4.58. The molecule has 1 aromatic rings. The molecular formula is C16H24BClN4O2. The number of halogens is 1. The minimum Gasteiger partial charge on any atom is -0.489 e.